The molecule has 5 heterocycles. The quantitative estimate of drug-likeness (QED) is 0.00681. The average Bonchev–Trinajstić information content (AvgIpc) is 1.52. The predicted octanol–water partition coefficient (Wildman–Crippen LogP) is 12.3. The number of ether oxygens (including phenoxy) is 2. The van der Waals surface area contributed by atoms with Gasteiger partial charge < -0.3 is 39.7 Å². The summed E-state index contributed by atoms with van der Waals surface area (Å²) in [4.78, 5) is 144. The number of benzene rings is 6. The summed E-state index contributed by atoms with van der Waals surface area (Å²) >= 11 is 11.4. The van der Waals surface area contributed by atoms with Crippen LogP contribution in [0.15, 0.2) is 133 Å². The van der Waals surface area contributed by atoms with Crippen LogP contribution in [-0.2, 0) is 43.1 Å². The van der Waals surface area contributed by atoms with E-state index in [1.165, 1.54) is 69.7 Å². The van der Waals surface area contributed by atoms with Crippen LogP contribution in [0.5, 0.6) is 11.5 Å². The van der Waals surface area contributed by atoms with Crippen LogP contribution < -0.4 is 128 Å². The van der Waals surface area contributed by atoms with Gasteiger partial charge in [-0.1, -0.05) is 199 Å². The number of hydrogen-bond donors (Lipinski definition) is 2. The van der Waals surface area contributed by atoms with Crippen molar-refractivity contribution in [1.29, 1.82) is 5.26 Å². The Hall–Kier alpha value is -5.93. The van der Waals surface area contributed by atoms with E-state index in [-0.39, 0.29) is 232 Å². The fraction of sp³-hybridized carbons (Fsp3) is 0.515. The van der Waals surface area contributed by atoms with Crippen molar-refractivity contribution in [3.63, 3.8) is 0 Å². The molecule has 0 aromatic heterocycles. The van der Waals surface area contributed by atoms with Crippen LogP contribution in [-0.4, -0.2) is 224 Å². The number of Topliss-reactive ketones (excluding diaryl/α,β-unsaturated/α-hetero) is 1. The Bertz CT molecular complexity index is 5450. The van der Waals surface area contributed by atoms with Crippen LogP contribution in [0.25, 0.3) is 5.32 Å². The second-order valence-electron chi connectivity index (χ2n) is 35.3. The number of urea groups is 1. The molecule has 13 rings (SSSR count). The summed E-state index contributed by atoms with van der Waals surface area (Å²) in [5.74, 6) is -0.971. The minimum absolute atomic E-state index is 0. The van der Waals surface area contributed by atoms with Gasteiger partial charge in [0.05, 0.1) is 93.7 Å². The Morgan fingerprint density at radius 1 is 0.493 bits per heavy atom. The van der Waals surface area contributed by atoms with Gasteiger partial charge in [-0.25, -0.2) is 44.1 Å². The van der Waals surface area contributed by atoms with Crippen molar-refractivity contribution in [3.8, 4) is 17.8 Å². The maximum absolute atomic E-state index is 14.1. The predicted molar refractivity (Wildman–Crippen MR) is 547 cm³/mol. The summed E-state index contributed by atoms with van der Waals surface area (Å²) in [5, 5.41) is 26.9. The molecule has 1 saturated heterocycles. The Morgan fingerprint density at radius 2 is 0.817 bits per heavy atom. The number of rotatable bonds is 49. The standard InChI is InChI=1S/C23H33FN2O5S.C23H36FNO4S.C15H17NO3S.C13H14BrNO2.C13H14ClNO4S.C8H5NO2.C5H10Br2.CHNO.2K/c1-16(2)19(18-8-9-20(24)21(12-18)31-14-17-6-7-17)15-32(29,30)11-5-3-4-10-26-13-22(27)25-23(26)28;1-17(2)21(16-30(27,28)12-6-4-5-11-25-14-18(3)26)20-9-10-22(24)23(13-20)29-15-19-7-8-19;1-11(17)20-10-6-2-5-9-16-14(18)12-7-3-4-8-13(12)15(16)19;14-8-4-1-5-9-15-12(16)10-6-2-3-7-11(10)13(15)17;14-20(18,19)9-5-1-4-8-15-12(16)10-6-2-3-7-11(10)13(15)17;10-7-5-3-1-2-4-6(5)8(11)9-7;6-4-2-1-3-5-7;2-1-3;;/h8-9,12,16-17,19H,3-7,10-11,13-15H2,1-2H3,(H,25,27,28);9-10,13,17,19,21,25H,4-8,11-12,14-16H2,1-3H3;3-4,7-8H,2,5-6,9-10H2,1H3;2-3,6-7H,1,4-5,8-9H2;2-3,6-7H,1,4-5,8-9H2;1-4H,(H,9,10,11);1-5H2;3H;;/q;;;;;;;;2*+1/p-2. The third-order valence-corrected chi connectivity index (χ3v) is 30.5. The number of ketones is 1. The van der Waals surface area contributed by atoms with Gasteiger partial charge in [0.25, 0.3) is 35.4 Å². The largest absolute Gasteiger partial charge is 1.00 e. The molecule has 6 aromatic rings. The van der Waals surface area contributed by atoms with Gasteiger partial charge in [-0.15, -0.1) is 0 Å². The molecule has 2 unspecified atom stereocenters. The van der Waals surface area contributed by atoms with Gasteiger partial charge in [-0.2, -0.15) is 0 Å². The smallest absolute Gasteiger partial charge is 0.812 e. The number of alkyl halides is 3. The Morgan fingerprint density at radius 3 is 1.13 bits per heavy atom. The molecule has 7 aliphatic rings. The zero-order valence-electron chi connectivity index (χ0n) is 82.1. The van der Waals surface area contributed by atoms with E-state index in [9.17, 15) is 91.6 Å². The van der Waals surface area contributed by atoms with E-state index in [2.05, 4.69) is 63.7 Å². The number of fused-ring (bicyclic) bond motifs is 4. The molecule has 41 heteroatoms. The summed E-state index contributed by atoms with van der Waals surface area (Å²) < 4.78 is 112. The molecule has 3 fully saturated rings. The number of nitrogens with zero attached hydrogens (tertiary/aromatic N) is 6. The molecule has 2 saturated carbocycles. The Balaban J connectivity index is 0.000000355. The topological polar surface area (TPSA) is 424 Å². The molecule has 6 aromatic carbocycles. The third kappa shape index (κ3) is 46.5. The van der Waals surface area contributed by atoms with Gasteiger partial charge in [0.2, 0.25) is 15.0 Å². The van der Waals surface area contributed by atoms with Crippen molar-refractivity contribution in [2.75, 3.05) is 110 Å². The van der Waals surface area contributed by atoms with Crippen molar-refractivity contribution in [2.45, 2.75) is 195 Å². The average molecular weight is 2310 g/mol. The zero-order valence-corrected chi connectivity index (χ0v) is 97.1. The fourth-order valence-electron chi connectivity index (χ4n) is 15.0. The second kappa shape index (κ2) is 67.9. The molecular weight excluding hydrogens is 2180 g/mol. The summed E-state index contributed by atoms with van der Waals surface area (Å²) in [6.07, 6.45) is 20.1. The molecule has 29 nitrogen and oxygen atoms in total. The number of nitrogens with one attached hydrogen (secondary N) is 2. The summed E-state index contributed by atoms with van der Waals surface area (Å²) in [7, 11) is -4.91. The number of carbonyl (C=O) groups is 12. The number of hydrogen-bond acceptors (Lipinski definition) is 24. The molecule has 766 valence electrons. The number of sulfone groups is 2. The molecule has 5 aliphatic heterocycles. The normalized spacial score (nSPS) is 14.6. The molecule has 0 spiro atoms. The number of amides is 11. The first kappa shape index (κ1) is 128. The minimum atomic E-state index is -3.46. The summed E-state index contributed by atoms with van der Waals surface area (Å²) in [5.41, 5.74) is 5.37. The van der Waals surface area contributed by atoms with Crippen LogP contribution in [0.3, 0.4) is 0 Å². The number of halogens is 6. The third-order valence-electron chi connectivity index (χ3n) is 23.1. The van der Waals surface area contributed by atoms with Crippen molar-refractivity contribution in [2.24, 2.45) is 23.7 Å². The minimum Gasteiger partial charge on any atom is -0.812 e. The van der Waals surface area contributed by atoms with Crippen molar-refractivity contribution >= 4 is 169 Å². The Kier molecular flexibility index (Phi) is 61.4. The van der Waals surface area contributed by atoms with Crippen molar-refractivity contribution < 1.29 is 209 Å². The molecule has 2 aliphatic carbocycles. The van der Waals surface area contributed by atoms with Gasteiger partial charge in [0.15, 0.2) is 47.9 Å². The number of thioether (sulfide) groups is 1. The monoisotopic (exact) mass is 2300 g/mol. The fourth-order valence-corrected chi connectivity index (χ4v) is 21.6. The number of unbranched alkanes of at least 4 members (excludes halogenated alkanes) is 12. The molecule has 2 N–H and O–H groups in total. The van der Waals surface area contributed by atoms with Gasteiger partial charge in [0.1, 0.15) is 12.3 Å². The van der Waals surface area contributed by atoms with Crippen molar-refractivity contribution in [1.82, 2.24) is 30.2 Å². The molecule has 11 amide bonds. The van der Waals surface area contributed by atoms with E-state index in [1.807, 2.05) is 27.7 Å². The van der Waals surface area contributed by atoms with Gasteiger partial charge >= 0.3 is 109 Å². The van der Waals surface area contributed by atoms with Gasteiger partial charge in [-0.05, 0) is 212 Å². The summed E-state index contributed by atoms with van der Waals surface area (Å²) in [6, 6.07) is 36.3. The SMILES string of the molecule is BrCCCCCBr.CC(=O)CNCCCCCS(=O)(=O)CC(c1ccc(F)c(OCC2CC2)c1)C(C)C.CC(=O)SCCCCCN1C(=O)c2ccccc2C1=O.CC(C)C(CS(=O)(=O)CCCCCN1CC(=O)NC1=O)c1ccc(F)c(OCC2CC2)c1.N#C[O-].O=C1[N-]C(=O)c2ccccc21.O=C1c2ccccc2C(=O)N1CCCCCBr.O=C1c2ccccc2C(=O)N1CCCCCS(=O)(=O)Cl.[K+].[K+]. The van der Waals surface area contributed by atoms with E-state index < -0.39 is 52.2 Å². The van der Waals surface area contributed by atoms with Gasteiger partial charge in [-0.3, -0.25) is 63.2 Å². The molecular formula is C101H128Br3ClF2K2N8O21S4. The first-order valence-electron chi connectivity index (χ1n) is 47.2. The second-order valence-corrected chi connectivity index (χ2v) is 46.3. The molecule has 0 radical (unpaired) electrons. The molecule has 142 heavy (non-hydrogen) atoms. The van der Waals surface area contributed by atoms with Crippen molar-refractivity contribution in [3.05, 3.63) is 206 Å². The number of imide groups is 5. The number of carbonyl (C=O) groups excluding carboxylic acids is 12. The van der Waals surface area contributed by atoms with Crippen LogP contribution in [0.2, 0.25) is 0 Å². The molecule has 2 atom stereocenters. The van der Waals surface area contributed by atoms with Crippen LogP contribution in [0, 0.1) is 46.8 Å². The molecule has 0 bridgehead atoms. The van der Waals surface area contributed by atoms with E-state index in [0.29, 0.717) is 160 Å². The van der Waals surface area contributed by atoms with E-state index in [4.69, 9.17) is 30.5 Å². The van der Waals surface area contributed by atoms with Gasteiger partial charge in [0, 0.05) is 94.7 Å². The van der Waals surface area contributed by atoms with E-state index >= 15 is 0 Å². The van der Waals surface area contributed by atoms with Crippen LogP contribution in [0.1, 0.15) is 289 Å². The first-order valence-corrected chi connectivity index (χ1v) is 57.7. The van der Waals surface area contributed by atoms with Crippen LogP contribution >= 0.6 is 70.2 Å². The number of nitriles is 1. The first-order chi connectivity index (χ1) is 66.7. The van der Waals surface area contributed by atoms with E-state index in [0.717, 1.165) is 110 Å². The van der Waals surface area contributed by atoms with Crippen LogP contribution in [0.4, 0.5) is 13.6 Å². The van der Waals surface area contributed by atoms with E-state index in [1.54, 1.807) is 128 Å². The Labute approximate surface area is 953 Å². The maximum Gasteiger partial charge on any atom is 1.00 e. The maximum atomic E-state index is 14.1. The zero-order chi connectivity index (χ0) is 103. The summed E-state index contributed by atoms with van der Waals surface area (Å²) in [6.45, 7) is 14.9.